The standard InChI is InChI=1S/C17H31NO6/c1-16(2,3)23-14(21)8-7-10-18(11-9-13(19)20)12-15(22)24-17(4,5)6/h7-12H2,1-6H3,(H,19,20). The maximum atomic E-state index is 11.9. The van der Waals surface area contributed by atoms with Crippen LogP contribution in [0.5, 0.6) is 0 Å². The minimum absolute atomic E-state index is 0.00112. The zero-order valence-corrected chi connectivity index (χ0v) is 15.7. The lowest BCUT2D eigenvalue weighted by Gasteiger charge is -2.25. The van der Waals surface area contributed by atoms with Crippen molar-refractivity contribution in [2.24, 2.45) is 0 Å². The van der Waals surface area contributed by atoms with Crippen molar-refractivity contribution >= 4 is 17.9 Å². The van der Waals surface area contributed by atoms with Gasteiger partial charge in [0.25, 0.3) is 0 Å². The summed E-state index contributed by atoms with van der Waals surface area (Å²) in [5, 5.41) is 8.81. The monoisotopic (exact) mass is 345 g/mol. The fourth-order valence-corrected chi connectivity index (χ4v) is 1.92. The fourth-order valence-electron chi connectivity index (χ4n) is 1.92. The highest BCUT2D eigenvalue weighted by molar-refractivity contribution is 5.72. The number of hydrogen-bond acceptors (Lipinski definition) is 6. The molecule has 0 fully saturated rings. The number of carboxylic acid groups (broad SMARTS) is 1. The fraction of sp³-hybridized carbons (Fsp3) is 0.824. The van der Waals surface area contributed by atoms with Gasteiger partial charge >= 0.3 is 17.9 Å². The number of rotatable bonds is 9. The summed E-state index contributed by atoms with van der Waals surface area (Å²) in [6.45, 7) is 11.4. The van der Waals surface area contributed by atoms with E-state index in [9.17, 15) is 14.4 Å². The first-order valence-corrected chi connectivity index (χ1v) is 8.16. The van der Waals surface area contributed by atoms with E-state index in [0.29, 0.717) is 13.0 Å². The van der Waals surface area contributed by atoms with Gasteiger partial charge < -0.3 is 14.6 Å². The van der Waals surface area contributed by atoms with Gasteiger partial charge in [0.1, 0.15) is 11.2 Å². The number of ether oxygens (including phenoxy) is 2. The van der Waals surface area contributed by atoms with Crippen LogP contribution in [0.4, 0.5) is 0 Å². The summed E-state index contributed by atoms with van der Waals surface area (Å²) in [5.74, 6) is -1.65. The Morgan fingerprint density at radius 3 is 1.79 bits per heavy atom. The molecule has 0 radical (unpaired) electrons. The summed E-state index contributed by atoms with van der Waals surface area (Å²) in [6, 6.07) is 0. The van der Waals surface area contributed by atoms with E-state index in [4.69, 9.17) is 14.6 Å². The van der Waals surface area contributed by atoms with E-state index < -0.39 is 23.1 Å². The Morgan fingerprint density at radius 1 is 0.833 bits per heavy atom. The molecule has 1 N–H and O–H groups in total. The molecule has 0 aromatic heterocycles. The molecule has 0 saturated heterocycles. The topological polar surface area (TPSA) is 93.1 Å². The van der Waals surface area contributed by atoms with Crippen LogP contribution in [0.3, 0.4) is 0 Å². The minimum atomic E-state index is -0.934. The zero-order valence-electron chi connectivity index (χ0n) is 15.7. The molecule has 0 spiro atoms. The highest BCUT2D eigenvalue weighted by Crippen LogP contribution is 2.10. The molecular formula is C17H31NO6. The highest BCUT2D eigenvalue weighted by Gasteiger charge is 2.20. The molecule has 0 saturated carbocycles. The minimum Gasteiger partial charge on any atom is -0.481 e. The molecule has 0 atom stereocenters. The first-order valence-electron chi connectivity index (χ1n) is 8.16. The molecule has 0 heterocycles. The zero-order chi connectivity index (χ0) is 19.0. The van der Waals surface area contributed by atoms with Gasteiger partial charge in [0.2, 0.25) is 0 Å². The maximum Gasteiger partial charge on any atom is 0.320 e. The Morgan fingerprint density at radius 2 is 1.33 bits per heavy atom. The number of carboxylic acids is 1. The molecular weight excluding hydrogens is 314 g/mol. The van der Waals surface area contributed by atoms with Crippen molar-refractivity contribution in [1.82, 2.24) is 4.90 Å². The second-order valence-electron chi connectivity index (χ2n) is 7.70. The highest BCUT2D eigenvalue weighted by atomic mass is 16.6. The van der Waals surface area contributed by atoms with Gasteiger partial charge in [0.05, 0.1) is 13.0 Å². The molecule has 0 rings (SSSR count). The molecule has 7 nitrogen and oxygen atoms in total. The second-order valence-corrected chi connectivity index (χ2v) is 7.70. The van der Waals surface area contributed by atoms with E-state index in [2.05, 4.69) is 0 Å². The molecule has 7 heteroatoms. The average molecular weight is 345 g/mol. The van der Waals surface area contributed by atoms with Crippen molar-refractivity contribution in [3.05, 3.63) is 0 Å². The Hall–Kier alpha value is -1.63. The lowest BCUT2D eigenvalue weighted by Crippen LogP contribution is -2.37. The van der Waals surface area contributed by atoms with Crippen LogP contribution in [0.2, 0.25) is 0 Å². The normalized spacial score (nSPS) is 12.1. The van der Waals surface area contributed by atoms with Crippen molar-refractivity contribution in [1.29, 1.82) is 0 Å². The van der Waals surface area contributed by atoms with Crippen LogP contribution in [0, 0.1) is 0 Å². The van der Waals surface area contributed by atoms with E-state index in [1.165, 1.54) is 0 Å². The average Bonchev–Trinajstić information content (AvgIpc) is 2.30. The van der Waals surface area contributed by atoms with Crippen LogP contribution in [-0.4, -0.2) is 58.8 Å². The predicted molar refractivity (Wildman–Crippen MR) is 89.6 cm³/mol. The Kier molecular flexibility index (Phi) is 8.96. The van der Waals surface area contributed by atoms with Crippen molar-refractivity contribution in [3.63, 3.8) is 0 Å². The Bertz CT molecular complexity index is 433. The molecule has 0 aromatic carbocycles. The number of carbonyl (C=O) groups is 3. The van der Waals surface area contributed by atoms with Crippen LogP contribution in [0.1, 0.15) is 60.8 Å². The molecule has 0 aliphatic heterocycles. The third kappa shape index (κ3) is 14.0. The third-order valence-electron chi connectivity index (χ3n) is 2.69. The summed E-state index contributed by atoms with van der Waals surface area (Å²) in [5.41, 5.74) is -1.12. The molecule has 140 valence electrons. The third-order valence-corrected chi connectivity index (χ3v) is 2.69. The number of aliphatic carboxylic acids is 1. The molecule has 0 aliphatic carbocycles. The number of nitrogens with zero attached hydrogens (tertiary/aromatic N) is 1. The quantitative estimate of drug-likeness (QED) is 0.640. The molecule has 0 aromatic rings. The van der Waals surface area contributed by atoms with Gasteiger partial charge in [-0.2, -0.15) is 0 Å². The van der Waals surface area contributed by atoms with Crippen LogP contribution >= 0.6 is 0 Å². The first kappa shape index (κ1) is 22.4. The maximum absolute atomic E-state index is 11.9. The molecule has 24 heavy (non-hydrogen) atoms. The van der Waals surface area contributed by atoms with Crippen molar-refractivity contribution < 1.29 is 29.0 Å². The van der Waals surface area contributed by atoms with Crippen molar-refractivity contribution in [2.75, 3.05) is 19.6 Å². The summed E-state index contributed by atoms with van der Waals surface area (Å²) in [4.78, 5) is 36.0. The largest absolute Gasteiger partial charge is 0.481 e. The van der Waals surface area contributed by atoms with E-state index in [1.807, 2.05) is 0 Å². The second kappa shape index (κ2) is 9.61. The van der Waals surface area contributed by atoms with Gasteiger partial charge in [-0.1, -0.05) is 0 Å². The molecule has 0 bridgehead atoms. The summed E-state index contributed by atoms with van der Waals surface area (Å²) in [7, 11) is 0. The van der Waals surface area contributed by atoms with E-state index >= 15 is 0 Å². The van der Waals surface area contributed by atoms with E-state index in [-0.39, 0.29) is 31.9 Å². The lowest BCUT2D eigenvalue weighted by molar-refractivity contribution is -0.156. The van der Waals surface area contributed by atoms with Crippen LogP contribution in [-0.2, 0) is 23.9 Å². The Labute approximate surface area is 144 Å². The SMILES string of the molecule is CC(C)(C)OC(=O)CCCN(CCC(=O)O)CC(=O)OC(C)(C)C. The molecule has 0 aliphatic rings. The van der Waals surface area contributed by atoms with E-state index in [1.54, 1.807) is 46.4 Å². The van der Waals surface area contributed by atoms with Gasteiger partial charge in [0.15, 0.2) is 0 Å². The van der Waals surface area contributed by atoms with E-state index in [0.717, 1.165) is 0 Å². The van der Waals surface area contributed by atoms with Crippen LogP contribution in [0.25, 0.3) is 0 Å². The van der Waals surface area contributed by atoms with Crippen LogP contribution < -0.4 is 0 Å². The van der Waals surface area contributed by atoms with Crippen LogP contribution in [0.15, 0.2) is 0 Å². The van der Waals surface area contributed by atoms with Crippen molar-refractivity contribution in [3.8, 4) is 0 Å². The number of esters is 2. The molecule has 0 unspecified atom stereocenters. The first-order chi connectivity index (χ1) is 10.8. The van der Waals surface area contributed by atoms with Gasteiger partial charge in [-0.25, -0.2) is 0 Å². The smallest absolute Gasteiger partial charge is 0.320 e. The summed E-state index contributed by atoms with van der Waals surface area (Å²) >= 11 is 0. The van der Waals surface area contributed by atoms with Gasteiger partial charge in [-0.3, -0.25) is 19.3 Å². The molecule has 0 amide bonds. The number of hydrogen-bond donors (Lipinski definition) is 1. The Balaban J connectivity index is 4.43. The van der Waals surface area contributed by atoms with Crippen molar-refractivity contribution in [2.45, 2.75) is 72.0 Å². The predicted octanol–water partition coefficient (Wildman–Crippen LogP) is 2.23. The summed E-state index contributed by atoms with van der Waals surface area (Å²) < 4.78 is 10.5. The lowest BCUT2D eigenvalue weighted by atomic mass is 10.2. The van der Waals surface area contributed by atoms with Gasteiger partial charge in [-0.15, -0.1) is 0 Å². The van der Waals surface area contributed by atoms with Gasteiger partial charge in [-0.05, 0) is 54.5 Å². The van der Waals surface area contributed by atoms with Gasteiger partial charge in [0, 0.05) is 13.0 Å². The summed E-state index contributed by atoms with van der Waals surface area (Å²) in [6.07, 6.45) is 0.627. The number of carbonyl (C=O) groups excluding carboxylic acids is 2.